The van der Waals surface area contributed by atoms with Gasteiger partial charge < -0.3 is 15.3 Å². The zero-order valence-corrected chi connectivity index (χ0v) is 19.1. The van der Waals surface area contributed by atoms with E-state index in [0.717, 1.165) is 30.5 Å². The summed E-state index contributed by atoms with van der Waals surface area (Å²) in [5, 5.41) is 13.6. The molecule has 2 N–H and O–H groups in total. The van der Waals surface area contributed by atoms with Crippen LogP contribution in [0.2, 0.25) is 4.34 Å². The third-order valence-corrected chi connectivity index (χ3v) is 5.76. The van der Waals surface area contributed by atoms with E-state index in [4.69, 9.17) is 11.6 Å². The highest BCUT2D eigenvalue weighted by molar-refractivity contribution is 14.0. The number of nitrogens with zero attached hydrogens (tertiary/aromatic N) is 3. The van der Waals surface area contributed by atoms with Crippen molar-refractivity contribution in [2.45, 2.75) is 38.8 Å². The lowest BCUT2D eigenvalue weighted by Gasteiger charge is -2.30. The average Bonchev–Trinajstić information content (AvgIpc) is 3.19. The topological polar surface area (TPSA) is 51.1 Å². The minimum absolute atomic E-state index is 0. The number of aliphatic imine (C=N–C) groups is 1. The number of hydrogen-bond acceptors (Lipinski definition) is 4. The maximum atomic E-state index is 10.3. The molecular formula is C17H30ClIN4OS. The quantitative estimate of drug-likeness (QED) is 0.342. The van der Waals surface area contributed by atoms with Crippen LogP contribution in [0.1, 0.15) is 37.7 Å². The molecule has 1 aromatic heterocycles. The molecule has 2 atom stereocenters. The Hall–Kier alpha value is -0.0900. The van der Waals surface area contributed by atoms with Crippen molar-refractivity contribution in [3.8, 4) is 0 Å². The molecule has 0 bridgehead atoms. The lowest BCUT2D eigenvalue weighted by molar-refractivity contribution is 0.190. The molecule has 2 rings (SSSR count). The molecule has 0 aliphatic carbocycles. The van der Waals surface area contributed by atoms with Gasteiger partial charge in [0, 0.05) is 31.1 Å². The van der Waals surface area contributed by atoms with E-state index in [1.165, 1.54) is 30.7 Å². The van der Waals surface area contributed by atoms with Crippen molar-refractivity contribution in [1.29, 1.82) is 0 Å². The van der Waals surface area contributed by atoms with Crippen LogP contribution in [0.15, 0.2) is 17.1 Å². The van der Waals surface area contributed by atoms with Crippen LogP contribution in [0, 0.1) is 0 Å². The van der Waals surface area contributed by atoms with E-state index < -0.39 is 6.10 Å². The molecular weight excluding hydrogens is 471 g/mol. The largest absolute Gasteiger partial charge is 0.386 e. The summed E-state index contributed by atoms with van der Waals surface area (Å²) in [4.78, 5) is 10.2. The molecule has 8 heteroatoms. The second-order valence-electron chi connectivity index (χ2n) is 6.16. The predicted molar refractivity (Wildman–Crippen MR) is 119 cm³/mol. The van der Waals surface area contributed by atoms with Gasteiger partial charge in [-0.2, -0.15) is 0 Å². The van der Waals surface area contributed by atoms with Gasteiger partial charge in [0.25, 0.3) is 0 Å². The summed E-state index contributed by atoms with van der Waals surface area (Å²) in [6, 6.07) is 4.26. The molecule has 1 aliphatic rings. The number of guanidine groups is 1. The van der Waals surface area contributed by atoms with E-state index in [9.17, 15) is 5.11 Å². The number of hydrogen-bond donors (Lipinski definition) is 2. The Morgan fingerprint density at radius 3 is 2.88 bits per heavy atom. The number of likely N-dealkylation sites (tertiary alicyclic amines) is 1. The minimum atomic E-state index is -0.608. The highest BCUT2D eigenvalue weighted by atomic mass is 127. The maximum Gasteiger partial charge on any atom is 0.193 e. The van der Waals surface area contributed by atoms with Crippen LogP contribution in [0.3, 0.4) is 0 Å². The van der Waals surface area contributed by atoms with Crippen molar-refractivity contribution < 1.29 is 5.11 Å². The van der Waals surface area contributed by atoms with Crippen LogP contribution in [0.5, 0.6) is 0 Å². The molecule has 2 heterocycles. The Labute approximate surface area is 177 Å². The number of aliphatic hydroxyl groups excluding tert-OH is 1. The van der Waals surface area contributed by atoms with Gasteiger partial charge in [-0.15, -0.1) is 35.3 Å². The van der Waals surface area contributed by atoms with Crippen LogP contribution in [0.4, 0.5) is 0 Å². The van der Waals surface area contributed by atoms with Crippen molar-refractivity contribution in [2.24, 2.45) is 4.99 Å². The Kier molecular flexibility index (Phi) is 10.6. The Balaban J connectivity index is 0.00000312. The van der Waals surface area contributed by atoms with E-state index in [2.05, 4.69) is 41.0 Å². The first kappa shape index (κ1) is 23.0. The second-order valence-corrected chi connectivity index (χ2v) is 7.90. The van der Waals surface area contributed by atoms with Crippen LogP contribution in [-0.2, 0) is 0 Å². The molecule has 0 radical (unpaired) electrons. The van der Waals surface area contributed by atoms with Crippen molar-refractivity contribution in [2.75, 3.05) is 39.8 Å². The van der Waals surface area contributed by atoms with Crippen LogP contribution < -0.4 is 5.32 Å². The molecule has 1 aliphatic heterocycles. The van der Waals surface area contributed by atoms with Crippen molar-refractivity contribution >= 4 is 52.9 Å². The summed E-state index contributed by atoms with van der Waals surface area (Å²) < 4.78 is 0.693. The number of thiophene rings is 1. The molecule has 0 spiro atoms. The molecule has 1 saturated heterocycles. The molecule has 144 valence electrons. The van der Waals surface area contributed by atoms with Gasteiger partial charge in [-0.1, -0.05) is 18.5 Å². The van der Waals surface area contributed by atoms with Gasteiger partial charge in [-0.05, 0) is 45.0 Å². The van der Waals surface area contributed by atoms with Crippen molar-refractivity contribution in [3.63, 3.8) is 0 Å². The fourth-order valence-electron chi connectivity index (χ4n) is 3.16. The fourth-order valence-corrected chi connectivity index (χ4v) is 4.20. The number of likely N-dealkylation sites (N-methyl/N-ethyl adjacent to an activating group) is 2. The summed E-state index contributed by atoms with van der Waals surface area (Å²) in [6.07, 6.45) is 1.91. The molecule has 0 saturated carbocycles. The fraction of sp³-hybridized carbons (Fsp3) is 0.706. The van der Waals surface area contributed by atoms with Gasteiger partial charge in [0.05, 0.1) is 10.9 Å². The van der Waals surface area contributed by atoms with Gasteiger partial charge >= 0.3 is 0 Å². The third kappa shape index (κ3) is 6.86. The molecule has 1 aromatic rings. The first-order valence-corrected chi connectivity index (χ1v) is 9.91. The van der Waals surface area contributed by atoms with E-state index in [-0.39, 0.29) is 24.0 Å². The zero-order chi connectivity index (χ0) is 17.5. The van der Waals surface area contributed by atoms with Gasteiger partial charge in [0.2, 0.25) is 0 Å². The monoisotopic (exact) mass is 500 g/mol. The summed E-state index contributed by atoms with van der Waals surface area (Å²) in [5.74, 6) is 0.849. The van der Waals surface area contributed by atoms with Crippen LogP contribution >= 0.6 is 46.9 Å². The molecule has 1 fully saturated rings. The van der Waals surface area contributed by atoms with Crippen molar-refractivity contribution in [3.05, 3.63) is 21.3 Å². The van der Waals surface area contributed by atoms with E-state index in [1.54, 1.807) is 0 Å². The summed E-state index contributed by atoms with van der Waals surface area (Å²) in [5.41, 5.74) is 0. The maximum absolute atomic E-state index is 10.3. The lowest BCUT2D eigenvalue weighted by Crippen LogP contribution is -2.46. The lowest BCUT2D eigenvalue weighted by atomic mass is 10.2. The van der Waals surface area contributed by atoms with Gasteiger partial charge in [0.15, 0.2) is 5.96 Å². The summed E-state index contributed by atoms with van der Waals surface area (Å²) in [6.45, 7) is 8.69. The highest BCUT2D eigenvalue weighted by Crippen LogP contribution is 2.27. The number of rotatable bonds is 7. The summed E-state index contributed by atoms with van der Waals surface area (Å²) in [7, 11) is 2.07. The predicted octanol–water partition coefficient (Wildman–Crippen LogP) is 3.43. The number of aliphatic hydroxyl groups is 1. The smallest absolute Gasteiger partial charge is 0.193 e. The van der Waals surface area contributed by atoms with Crippen molar-refractivity contribution in [1.82, 2.24) is 15.1 Å². The standard InChI is InChI=1S/C17H29ClN4OS.HI/c1-4-19-17(20-11-14(23)15-8-9-16(18)24-15)21(3)12-13-7-6-10-22(13)5-2;/h8-9,13-14,23H,4-7,10-12H2,1-3H3,(H,19,20);1H. The SMILES string of the molecule is CCNC(=NCC(O)c1ccc(Cl)s1)N(C)CC1CCCN1CC.I. The minimum Gasteiger partial charge on any atom is -0.386 e. The zero-order valence-electron chi connectivity index (χ0n) is 15.2. The molecule has 25 heavy (non-hydrogen) atoms. The second kappa shape index (κ2) is 11.6. The molecule has 0 aromatic carbocycles. The van der Waals surface area contributed by atoms with Crippen LogP contribution in [0.25, 0.3) is 0 Å². The molecule has 0 amide bonds. The first-order chi connectivity index (χ1) is 11.5. The normalized spacial score (nSPS) is 19.6. The van der Waals surface area contributed by atoms with Crippen LogP contribution in [-0.4, -0.2) is 66.7 Å². The first-order valence-electron chi connectivity index (χ1n) is 8.71. The Morgan fingerprint density at radius 1 is 1.52 bits per heavy atom. The average molecular weight is 501 g/mol. The Morgan fingerprint density at radius 2 is 2.28 bits per heavy atom. The van der Waals surface area contributed by atoms with E-state index >= 15 is 0 Å². The van der Waals surface area contributed by atoms with Gasteiger partial charge in [-0.3, -0.25) is 9.89 Å². The van der Waals surface area contributed by atoms with E-state index in [1.807, 2.05) is 12.1 Å². The number of halogens is 2. The highest BCUT2D eigenvalue weighted by Gasteiger charge is 2.25. The Bertz CT molecular complexity index is 542. The number of nitrogens with one attached hydrogen (secondary N) is 1. The molecule has 2 unspecified atom stereocenters. The van der Waals surface area contributed by atoms with Gasteiger partial charge in [0.1, 0.15) is 6.10 Å². The van der Waals surface area contributed by atoms with E-state index in [0.29, 0.717) is 16.9 Å². The summed E-state index contributed by atoms with van der Waals surface area (Å²) >= 11 is 7.34. The van der Waals surface area contributed by atoms with Gasteiger partial charge in [-0.25, -0.2) is 0 Å². The molecule has 5 nitrogen and oxygen atoms in total. The third-order valence-electron chi connectivity index (χ3n) is 4.42.